The highest BCUT2D eigenvalue weighted by Crippen LogP contribution is 2.09. The van der Waals surface area contributed by atoms with Gasteiger partial charge in [-0.3, -0.25) is 0 Å². The van der Waals surface area contributed by atoms with Gasteiger partial charge in [-0.2, -0.15) is 4.99 Å². The van der Waals surface area contributed by atoms with Crippen LogP contribution in [-0.2, 0) is 27.4 Å². The molecule has 2 aromatic carbocycles. The van der Waals surface area contributed by atoms with Crippen molar-refractivity contribution in [3.05, 3.63) is 71.8 Å². The van der Waals surface area contributed by atoms with Crippen LogP contribution in [0, 0.1) is 0 Å². The van der Waals surface area contributed by atoms with E-state index in [4.69, 9.17) is 4.74 Å². The molecule has 1 atom stereocenters. The third kappa shape index (κ3) is 4.71. The molecule has 0 aromatic heterocycles. The molecule has 106 valence electrons. The van der Waals surface area contributed by atoms with Gasteiger partial charge >= 0.3 is 5.97 Å². The van der Waals surface area contributed by atoms with Crippen molar-refractivity contribution in [3.63, 3.8) is 0 Å². The number of isocyanates is 1. The molecule has 0 fully saturated rings. The third-order valence-electron chi connectivity index (χ3n) is 2.98. The second kappa shape index (κ2) is 7.78. The molecular weight excluding hydrogens is 266 g/mol. The average Bonchev–Trinajstić information content (AvgIpc) is 2.54. The quantitative estimate of drug-likeness (QED) is 0.464. The zero-order valence-corrected chi connectivity index (χ0v) is 11.4. The molecule has 0 radical (unpaired) electrons. The summed E-state index contributed by atoms with van der Waals surface area (Å²) in [6, 6.07) is 17.9. The van der Waals surface area contributed by atoms with E-state index in [0.717, 1.165) is 11.1 Å². The van der Waals surface area contributed by atoms with Gasteiger partial charge in [0.05, 0.1) is 0 Å². The molecule has 0 spiro atoms. The van der Waals surface area contributed by atoms with E-state index < -0.39 is 12.0 Å². The van der Waals surface area contributed by atoms with E-state index in [2.05, 4.69) is 4.99 Å². The number of esters is 1. The Bertz CT molecular complexity index is 619. The maximum Gasteiger partial charge on any atom is 0.332 e. The van der Waals surface area contributed by atoms with Gasteiger partial charge in [-0.25, -0.2) is 9.59 Å². The number of rotatable bonds is 6. The number of nitrogens with zero attached hydrogens (tertiary/aromatic N) is 1. The zero-order chi connectivity index (χ0) is 14.9. The first-order valence-corrected chi connectivity index (χ1v) is 6.61. The molecule has 0 heterocycles. The van der Waals surface area contributed by atoms with E-state index in [9.17, 15) is 9.59 Å². The summed E-state index contributed by atoms with van der Waals surface area (Å²) < 4.78 is 5.20. The summed E-state index contributed by atoms with van der Waals surface area (Å²) in [5, 5.41) is 0. The maximum absolute atomic E-state index is 12.0. The molecule has 0 saturated carbocycles. The SMILES string of the molecule is O=C=N[C@@H](Cc1ccccc1)C(=O)OCc1ccccc1. The number of hydrogen-bond donors (Lipinski definition) is 0. The molecule has 0 bridgehead atoms. The Kier molecular flexibility index (Phi) is 5.44. The Labute approximate surface area is 123 Å². The first-order chi connectivity index (χ1) is 10.3. The van der Waals surface area contributed by atoms with Crippen LogP contribution in [0.1, 0.15) is 11.1 Å². The summed E-state index contributed by atoms with van der Waals surface area (Å²) in [7, 11) is 0. The van der Waals surface area contributed by atoms with Gasteiger partial charge in [0.25, 0.3) is 0 Å². The third-order valence-corrected chi connectivity index (χ3v) is 2.98. The predicted octanol–water partition coefficient (Wildman–Crippen LogP) is 2.68. The van der Waals surface area contributed by atoms with Crippen LogP contribution in [0.2, 0.25) is 0 Å². The van der Waals surface area contributed by atoms with E-state index >= 15 is 0 Å². The van der Waals surface area contributed by atoms with E-state index in [1.165, 1.54) is 6.08 Å². The average molecular weight is 281 g/mol. The Morgan fingerprint density at radius 3 is 2.14 bits per heavy atom. The van der Waals surface area contributed by atoms with Gasteiger partial charge < -0.3 is 4.74 Å². The highest BCUT2D eigenvalue weighted by atomic mass is 16.5. The van der Waals surface area contributed by atoms with Crippen molar-refractivity contribution in [1.29, 1.82) is 0 Å². The molecule has 0 N–H and O–H groups in total. The fourth-order valence-corrected chi connectivity index (χ4v) is 1.91. The summed E-state index contributed by atoms with van der Waals surface area (Å²) in [6.45, 7) is 0.166. The second-order valence-corrected chi connectivity index (χ2v) is 4.52. The lowest BCUT2D eigenvalue weighted by atomic mass is 10.1. The summed E-state index contributed by atoms with van der Waals surface area (Å²) >= 11 is 0. The summed E-state index contributed by atoms with van der Waals surface area (Å²) in [6.07, 6.45) is 1.76. The van der Waals surface area contributed by atoms with E-state index in [0.29, 0.717) is 6.42 Å². The van der Waals surface area contributed by atoms with Crippen molar-refractivity contribution >= 4 is 12.0 Å². The Morgan fingerprint density at radius 2 is 1.57 bits per heavy atom. The van der Waals surface area contributed by atoms with Crippen molar-refractivity contribution in [2.75, 3.05) is 0 Å². The van der Waals surface area contributed by atoms with Gasteiger partial charge in [0.15, 0.2) is 6.04 Å². The van der Waals surface area contributed by atoms with Crippen LogP contribution in [0.3, 0.4) is 0 Å². The van der Waals surface area contributed by atoms with Gasteiger partial charge in [-0.1, -0.05) is 60.7 Å². The van der Waals surface area contributed by atoms with Crippen molar-refractivity contribution in [1.82, 2.24) is 0 Å². The van der Waals surface area contributed by atoms with Crippen LogP contribution < -0.4 is 0 Å². The Balaban J connectivity index is 1.97. The fourth-order valence-electron chi connectivity index (χ4n) is 1.91. The minimum absolute atomic E-state index is 0.166. The number of carbonyl (C=O) groups excluding carboxylic acids is 2. The molecule has 21 heavy (non-hydrogen) atoms. The van der Waals surface area contributed by atoms with Crippen molar-refractivity contribution in [2.45, 2.75) is 19.1 Å². The zero-order valence-electron chi connectivity index (χ0n) is 11.4. The molecular formula is C17H15NO3. The Hall–Kier alpha value is -2.71. The highest BCUT2D eigenvalue weighted by Gasteiger charge is 2.19. The molecule has 4 heteroatoms. The minimum Gasteiger partial charge on any atom is -0.459 e. The first kappa shape index (κ1) is 14.7. The van der Waals surface area contributed by atoms with Gasteiger partial charge in [0.1, 0.15) is 6.61 Å². The highest BCUT2D eigenvalue weighted by molar-refractivity contribution is 5.77. The number of aliphatic imine (C=N–C) groups is 1. The molecule has 0 aliphatic heterocycles. The van der Waals surface area contributed by atoms with Crippen molar-refractivity contribution in [2.24, 2.45) is 4.99 Å². The Morgan fingerprint density at radius 1 is 1.00 bits per heavy atom. The number of ether oxygens (including phenoxy) is 1. The normalized spacial score (nSPS) is 11.2. The number of carbonyl (C=O) groups is 1. The molecule has 0 unspecified atom stereocenters. The molecule has 2 rings (SSSR count). The van der Waals surface area contributed by atoms with Crippen LogP contribution in [0.25, 0.3) is 0 Å². The molecule has 4 nitrogen and oxygen atoms in total. The lowest BCUT2D eigenvalue weighted by molar-refractivity contribution is -0.146. The predicted molar refractivity (Wildman–Crippen MR) is 78.3 cm³/mol. The van der Waals surface area contributed by atoms with Crippen LogP contribution in [0.5, 0.6) is 0 Å². The van der Waals surface area contributed by atoms with E-state index in [1.54, 1.807) is 0 Å². The van der Waals surface area contributed by atoms with Crippen molar-refractivity contribution < 1.29 is 14.3 Å². The van der Waals surface area contributed by atoms with Crippen molar-refractivity contribution in [3.8, 4) is 0 Å². The summed E-state index contributed by atoms with van der Waals surface area (Å²) in [5.74, 6) is -0.522. The van der Waals surface area contributed by atoms with Gasteiger partial charge in [0, 0.05) is 6.42 Å². The monoisotopic (exact) mass is 281 g/mol. The molecule has 2 aromatic rings. The lowest BCUT2D eigenvalue weighted by Crippen LogP contribution is -2.23. The molecule has 0 amide bonds. The first-order valence-electron chi connectivity index (χ1n) is 6.61. The molecule has 0 aliphatic carbocycles. The standard InChI is InChI=1S/C17H15NO3/c19-13-18-16(11-14-7-3-1-4-8-14)17(20)21-12-15-9-5-2-6-10-15/h1-10,16H,11-12H2/t16-/m0/s1. The van der Waals surface area contributed by atoms with Crippen LogP contribution in [0.15, 0.2) is 65.7 Å². The lowest BCUT2D eigenvalue weighted by Gasteiger charge is -2.11. The van der Waals surface area contributed by atoms with E-state index in [-0.39, 0.29) is 6.61 Å². The van der Waals surface area contributed by atoms with Crippen LogP contribution >= 0.6 is 0 Å². The van der Waals surface area contributed by atoms with Crippen LogP contribution in [0.4, 0.5) is 0 Å². The molecule has 0 saturated heterocycles. The summed E-state index contributed by atoms with van der Waals surface area (Å²) in [4.78, 5) is 26.1. The maximum atomic E-state index is 12.0. The largest absolute Gasteiger partial charge is 0.459 e. The number of benzene rings is 2. The summed E-state index contributed by atoms with van der Waals surface area (Å²) in [5.41, 5.74) is 1.80. The minimum atomic E-state index is -0.853. The van der Waals surface area contributed by atoms with Gasteiger partial charge in [0.2, 0.25) is 6.08 Å². The second-order valence-electron chi connectivity index (χ2n) is 4.52. The molecule has 0 aliphatic rings. The van der Waals surface area contributed by atoms with E-state index in [1.807, 2.05) is 60.7 Å². The smallest absolute Gasteiger partial charge is 0.332 e. The van der Waals surface area contributed by atoms with Gasteiger partial charge in [-0.15, -0.1) is 0 Å². The fraction of sp³-hybridized carbons (Fsp3) is 0.176. The topological polar surface area (TPSA) is 55.7 Å². The van der Waals surface area contributed by atoms with Gasteiger partial charge in [-0.05, 0) is 11.1 Å². The van der Waals surface area contributed by atoms with Crippen LogP contribution in [-0.4, -0.2) is 18.1 Å². The number of hydrogen-bond acceptors (Lipinski definition) is 4.